The fourth-order valence-electron chi connectivity index (χ4n) is 1.66. The van der Waals surface area contributed by atoms with Crippen LogP contribution in [0.3, 0.4) is 0 Å². The summed E-state index contributed by atoms with van der Waals surface area (Å²) in [5, 5.41) is 0.310. The Morgan fingerprint density at radius 3 is 2.52 bits per heavy atom. The van der Waals surface area contributed by atoms with Crippen LogP contribution in [0, 0.1) is 10.5 Å². The van der Waals surface area contributed by atoms with E-state index in [4.69, 9.17) is 16.3 Å². The van der Waals surface area contributed by atoms with E-state index >= 15 is 0 Å². The Hall–Kier alpha value is -1.22. The summed E-state index contributed by atoms with van der Waals surface area (Å²) in [6.07, 6.45) is 0. The lowest BCUT2D eigenvalue weighted by Crippen LogP contribution is -2.04. The van der Waals surface area contributed by atoms with Crippen LogP contribution in [0.5, 0.6) is 11.5 Å². The van der Waals surface area contributed by atoms with Gasteiger partial charge in [0.1, 0.15) is 5.15 Å². The number of hydrogen-bond donors (Lipinski definition) is 0. The molecule has 0 aliphatic heterocycles. The number of halogens is 4. The summed E-state index contributed by atoms with van der Waals surface area (Å²) < 4.78 is 35.0. The minimum Gasteiger partial charge on any atom is -0.493 e. The van der Waals surface area contributed by atoms with Crippen molar-refractivity contribution in [2.24, 2.45) is 0 Å². The minimum absolute atomic E-state index is 0.0825. The molecule has 8 heteroatoms. The van der Waals surface area contributed by atoms with Gasteiger partial charge in [-0.1, -0.05) is 11.6 Å². The van der Waals surface area contributed by atoms with E-state index in [0.717, 1.165) is 3.57 Å². The lowest BCUT2D eigenvalue weighted by atomic mass is 10.2. The van der Waals surface area contributed by atoms with Crippen LogP contribution in [-0.2, 0) is 0 Å². The van der Waals surface area contributed by atoms with Crippen molar-refractivity contribution in [3.05, 3.63) is 32.6 Å². The fraction of sp³-hybridized carbons (Fsp3) is 0.231. The zero-order valence-electron chi connectivity index (χ0n) is 11.0. The molecule has 0 N–H and O–H groups in total. The molecular weight excluding hydrogens is 417 g/mol. The Kier molecular flexibility index (Phi) is 5.15. The summed E-state index contributed by atoms with van der Waals surface area (Å²) in [6.45, 7) is -1.16. The zero-order chi connectivity index (χ0) is 15.6. The molecule has 0 radical (unpaired) electrons. The van der Waals surface area contributed by atoms with Gasteiger partial charge in [-0.2, -0.15) is 8.78 Å². The SMILES string of the molecule is COc1ccc(-c2nc(C)c(I)c(Cl)n2)cc1OC(F)F. The van der Waals surface area contributed by atoms with Gasteiger partial charge in [-0.15, -0.1) is 0 Å². The van der Waals surface area contributed by atoms with Crippen LogP contribution in [0.1, 0.15) is 5.69 Å². The van der Waals surface area contributed by atoms with E-state index in [0.29, 0.717) is 22.2 Å². The highest BCUT2D eigenvalue weighted by atomic mass is 127. The Balaban J connectivity index is 2.49. The molecule has 1 aromatic heterocycles. The van der Waals surface area contributed by atoms with Crippen molar-refractivity contribution < 1.29 is 18.3 Å². The lowest BCUT2D eigenvalue weighted by molar-refractivity contribution is -0.0511. The first-order chi connectivity index (χ1) is 9.92. The third kappa shape index (κ3) is 3.70. The van der Waals surface area contributed by atoms with Crippen LogP contribution in [0.2, 0.25) is 5.15 Å². The number of aromatic nitrogens is 2. The van der Waals surface area contributed by atoms with Gasteiger partial charge >= 0.3 is 6.61 Å². The highest BCUT2D eigenvalue weighted by molar-refractivity contribution is 14.1. The first-order valence-corrected chi connectivity index (χ1v) is 7.21. The van der Waals surface area contributed by atoms with Crippen LogP contribution >= 0.6 is 34.2 Å². The van der Waals surface area contributed by atoms with Gasteiger partial charge in [0.05, 0.1) is 16.4 Å². The van der Waals surface area contributed by atoms with Gasteiger partial charge in [0.15, 0.2) is 17.3 Å². The highest BCUT2D eigenvalue weighted by Gasteiger charge is 2.15. The maximum absolute atomic E-state index is 12.4. The number of alkyl halides is 2. The number of rotatable bonds is 4. The van der Waals surface area contributed by atoms with Crippen LogP contribution in [0.15, 0.2) is 18.2 Å². The Morgan fingerprint density at radius 2 is 1.95 bits per heavy atom. The molecule has 0 atom stereocenters. The molecule has 0 amide bonds. The first kappa shape index (κ1) is 16.2. The summed E-state index contributed by atoms with van der Waals surface area (Å²) >= 11 is 8.06. The molecule has 0 unspecified atom stereocenters. The summed E-state index contributed by atoms with van der Waals surface area (Å²) in [5.41, 5.74) is 1.21. The van der Waals surface area contributed by atoms with Crippen LogP contribution in [0.4, 0.5) is 8.78 Å². The van der Waals surface area contributed by atoms with E-state index in [-0.39, 0.29) is 11.5 Å². The molecule has 2 rings (SSSR count). The highest BCUT2D eigenvalue weighted by Crippen LogP contribution is 2.33. The topological polar surface area (TPSA) is 44.2 Å². The van der Waals surface area contributed by atoms with Crippen LogP contribution in [0.25, 0.3) is 11.4 Å². The van der Waals surface area contributed by atoms with E-state index in [2.05, 4.69) is 14.7 Å². The van der Waals surface area contributed by atoms with Gasteiger partial charge in [0.25, 0.3) is 0 Å². The maximum Gasteiger partial charge on any atom is 0.387 e. The van der Waals surface area contributed by atoms with Gasteiger partial charge in [-0.25, -0.2) is 9.97 Å². The molecule has 1 aromatic carbocycles. The summed E-state index contributed by atoms with van der Waals surface area (Å²) in [5.74, 6) is 0.452. The minimum atomic E-state index is -2.95. The van der Waals surface area contributed by atoms with E-state index in [9.17, 15) is 8.78 Å². The van der Waals surface area contributed by atoms with Crippen LogP contribution in [-0.4, -0.2) is 23.7 Å². The molecule has 2 aromatic rings. The van der Waals surface area contributed by atoms with E-state index in [1.54, 1.807) is 13.0 Å². The monoisotopic (exact) mass is 426 g/mol. The van der Waals surface area contributed by atoms with Gasteiger partial charge in [0, 0.05) is 5.56 Å². The molecule has 0 saturated carbocycles. The van der Waals surface area contributed by atoms with E-state index in [1.165, 1.54) is 19.2 Å². The standard InChI is InChI=1S/C13H10ClF2IN2O2/c1-6-10(17)11(14)19-12(18-6)7-3-4-8(20-2)9(5-7)21-13(15)16/h3-5,13H,1-2H3. The lowest BCUT2D eigenvalue weighted by Gasteiger charge is -2.11. The Bertz CT molecular complexity index is 648. The van der Waals surface area contributed by atoms with Crippen molar-refractivity contribution in [1.82, 2.24) is 9.97 Å². The number of ether oxygens (including phenoxy) is 2. The second-order valence-corrected chi connectivity index (χ2v) is 5.42. The molecular formula is C13H10ClF2IN2O2. The van der Waals surface area contributed by atoms with Crippen molar-refractivity contribution >= 4 is 34.2 Å². The predicted octanol–water partition coefficient (Wildman–Crippen LogP) is 4.32. The summed E-state index contributed by atoms with van der Waals surface area (Å²) in [4.78, 5) is 8.44. The van der Waals surface area contributed by atoms with Crippen molar-refractivity contribution in [1.29, 1.82) is 0 Å². The smallest absolute Gasteiger partial charge is 0.387 e. The quantitative estimate of drug-likeness (QED) is 0.540. The first-order valence-electron chi connectivity index (χ1n) is 5.75. The number of aryl methyl sites for hydroxylation is 1. The molecule has 0 fully saturated rings. The van der Waals surface area contributed by atoms with E-state index in [1.807, 2.05) is 22.6 Å². The van der Waals surface area contributed by atoms with Gasteiger partial charge in [-0.05, 0) is 47.7 Å². The molecule has 0 saturated heterocycles. The molecule has 0 bridgehead atoms. The van der Waals surface area contributed by atoms with E-state index < -0.39 is 6.61 Å². The molecule has 0 aliphatic carbocycles. The molecule has 0 spiro atoms. The molecule has 0 aliphatic rings. The molecule has 1 heterocycles. The zero-order valence-corrected chi connectivity index (χ0v) is 13.9. The van der Waals surface area contributed by atoms with Crippen molar-refractivity contribution in [2.45, 2.75) is 13.5 Å². The second kappa shape index (κ2) is 6.69. The molecule has 21 heavy (non-hydrogen) atoms. The van der Waals surface area contributed by atoms with Crippen molar-refractivity contribution in [3.63, 3.8) is 0 Å². The normalized spacial score (nSPS) is 10.8. The van der Waals surface area contributed by atoms with Crippen molar-refractivity contribution in [3.8, 4) is 22.9 Å². The van der Waals surface area contributed by atoms with Gasteiger partial charge < -0.3 is 9.47 Å². The maximum atomic E-state index is 12.4. The predicted molar refractivity (Wildman–Crippen MR) is 83.1 cm³/mol. The largest absolute Gasteiger partial charge is 0.493 e. The Morgan fingerprint density at radius 1 is 1.24 bits per heavy atom. The number of methoxy groups -OCH3 is 1. The van der Waals surface area contributed by atoms with Gasteiger partial charge in [0.2, 0.25) is 0 Å². The van der Waals surface area contributed by atoms with Crippen molar-refractivity contribution in [2.75, 3.05) is 7.11 Å². The average molecular weight is 427 g/mol. The number of hydrogen-bond acceptors (Lipinski definition) is 4. The fourth-order valence-corrected chi connectivity index (χ4v) is 2.12. The summed E-state index contributed by atoms with van der Waals surface area (Å²) in [6, 6.07) is 4.55. The second-order valence-electron chi connectivity index (χ2n) is 3.98. The summed E-state index contributed by atoms with van der Waals surface area (Å²) in [7, 11) is 1.37. The average Bonchev–Trinajstić information content (AvgIpc) is 2.43. The number of benzene rings is 1. The van der Waals surface area contributed by atoms with Gasteiger partial charge in [-0.3, -0.25) is 0 Å². The molecule has 112 valence electrons. The van der Waals surface area contributed by atoms with Crippen LogP contribution < -0.4 is 9.47 Å². The molecule has 4 nitrogen and oxygen atoms in total. The third-order valence-electron chi connectivity index (χ3n) is 2.61. The third-order valence-corrected chi connectivity index (χ3v) is 4.50. The number of nitrogens with zero attached hydrogens (tertiary/aromatic N) is 2. The Labute approximate surface area is 138 Å².